The van der Waals surface area contributed by atoms with Crippen LogP contribution >= 0.6 is 0 Å². The van der Waals surface area contributed by atoms with Crippen LogP contribution in [0.1, 0.15) is 0 Å². The quantitative estimate of drug-likeness (QED) is 0.579. The highest BCUT2D eigenvalue weighted by molar-refractivity contribution is 5.69. The second kappa shape index (κ2) is 2.23. The van der Waals surface area contributed by atoms with Gasteiger partial charge in [0, 0.05) is 0 Å². The Morgan fingerprint density at radius 1 is 1.55 bits per heavy atom. The molecule has 0 aromatic rings. The van der Waals surface area contributed by atoms with Gasteiger partial charge in [-0.2, -0.15) is 13.2 Å². The van der Waals surface area contributed by atoms with Gasteiger partial charge in [0.25, 0.3) is 0 Å². The smallest absolute Gasteiger partial charge is 0.415 e. The lowest BCUT2D eigenvalue weighted by molar-refractivity contribution is -0.193. The molecule has 6 heteroatoms. The second-order valence-corrected chi connectivity index (χ2v) is 2.01. The van der Waals surface area contributed by atoms with E-state index in [0.29, 0.717) is 6.08 Å². The lowest BCUT2D eigenvalue weighted by Crippen LogP contribution is -2.53. The molecule has 0 amide bonds. The van der Waals surface area contributed by atoms with E-state index in [1.165, 1.54) is 0 Å². The molecule has 0 fully saturated rings. The van der Waals surface area contributed by atoms with Gasteiger partial charge in [-0.15, -0.1) is 5.48 Å². The highest BCUT2D eigenvalue weighted by atomic mass is 19.4. The van der Waals surface area contributed by atoms with E-state index in [1.54, 1.807) is 5.48 Å². The number of aldehydes is 1. The topological polar surface area (TPSA) is 38.3 Å². The number of halogens is 3. The summed E-state index contributed by atoms with van der Waals surface area (Å²) in [6.07, 6.45) is -3.53. The summed E-state index contributed by atoms with van der Waals surface area (Å²) in [7, 11) is 0. The van der Waals surface area contributed by atoms with Crippen LogP contribution in [0.3, 0.4) is 0 Å². The first-order chi connectivity index (χ1) is 5.02. The number of nitrogens with one attached hydrogen (secondary N) is 1. The van der Waals surface area contributed by atoms with Crippen LogP contribution < -0.4 is 5.48 Å². The van der Waals surface area contributed by atoms with E-state index in [0.717, 1.165) is 6.26 Å². The van der Waals surface area contributed by atoms with E-state index in [2.05, 4.69) is 4.84 Å². The lowest BCUT2D eigenvalue weighted by atomic mass is 10.0. The Morgan fingerprint density at radius 3 is 2.36 bits per heavy atom. The molecule has 3 nitrogen and oxygen atoms in total. The van der Waals surface area contributed by atoms with Crippen LogP contribution in [0.15, 0.2) is 12.3 Å². The Balaban J connectivity index is 2.93. The van der Waals surface area contributed by atoms with Gasteiger partial charge >= 0.3 is 6.18 Å². The fourth-order valence-electron chi connectivity index (χ4n) is 0.589. The summed E-state index contributed by atoms with van der Waals surface area (Å²) < 4.78 is 36.0. The maximum Gasteiger partial charge on any atom is 0.420 e. The minimum atomic E-state index is -4.66. The van der Waals surface area contributed by atoms with Crippen LogP contribution in [-0.4, -0.2) is 18.0 Å². The van der Waals surface area contributed by atoms with Gasteiger partial charge in [0.2, 0.25) is 5.54 Å². The first kappa shape index (κ1) is 8.06. The average molecular weight is 167 g/mol. The van der Waals surface area contributed by atoms with Gasteiger partial charge < -0.3 is 9.63 Å². The second-order valence-electron chi connectivity index (χ2n) is 2.01. The van der Waals surface area contributed by atoms with Crippen molar-refractivity contribution in [1.29, 1.82) is 0 Å². The van der Waals surface area contributed by atoms with Crippen LogP contribution in [0.5, 0.6) is 0 Å². The molecule has 1 aliphatic rings. The summed E-state index contributed by atoms with van der Waals surface area (Å²) in [5.74, 6) is 0. The van der Waals surface area contributed by atoms with Crippen molar-refractivity contribution in [2.45, 2.75) is 11.7 Å². The van der Waals surface area contributed by atoms with E-state index >= 15 is 0 Å². The summed E-state index contributed by atoms with van der Waals surface area (Å²) in [4.78, 5) is 14.2. The number of hydrogen-bond donors (Lipinski definition) is 1. The van der Waals surface area contributed by atoms with E-state index in [-0.39, 0.29) is 6.29 Å². The van der Waals surface area contributed by atoms with Crippen molar-refractivity contribution in [1.82, 2.24) is 5.48 Å². The monoisotopic (exact) mass is 167 g/mol. The van der Waals surface area contributed by atoms with Crippen molar-refractivity contribution in [2.75, 3.05) is 0 Å². The molecule has 0 aliphatic carbocycles. The Kier molecular flexibility index (Phi) is 1.63. The third-order valence-corrected chi connectivity index (χ3v) is 1.28. The van der Waals surface area contributed by atoms with Crippen molar-refractivity contribution in [3.63, 3.8) is 0 Å². The Labute approximate surface area is 59.8 Å². The molecule has 0 radical (unpaired) electrons. The molecule has 1 aliphatic heterocycles. The zero-order valence-electron chi connectivity index (χ0n) is 5.18. The number of hydroxylamine groups is 1. The normalized spacial score (nSPS) is 30.1. The van der Waals surface area contributed by atoms with Crippen LogP contribution in [-0.2, 0) is 9.63 Å². The van der Waals surface area contributed by atoms with Gasteiger partial charge in [0.15, 0.2) is 6.29 Å². The van der Waals surface area contributed by atoms with E-state index in [9.17, 15) is 18.0 Å². The Bertz CT molecular complexity index is 200. The maximum absolute atomic E-state index is 12.0. The molecule has 1 N–H and O–H groups in total. The van der Waals surface area contributed by atoms with Crippen LogP contribution in [0.4, 0.5) is 13.2 Å². The third-order valence-electron chi connectivity index (χ3n) is 1.28. The number of rotatable bonds is 1. The van der Waals surface area contributed by atoms with Crippen molar-refractivity contribution < 1.29 is 22.8 Å². The summed E-state index contributed by atoms with van der Waals surface area (Å²) in [5.41, 5.74) is -1.10. The minimum Gasteiger partial charge on any atom is -0.415 e. The highest BCUT2D eigenvalue weighted by Gasteiger charge is 2.56. The van der Waals surface area contributed by atoms with Gasteiger partial charge in [-0.25, -0.2) is 0 Å². The van der Waals surface area contributed by atoms with Crippen LogP contribution in [0, 0.1) is 0 Å². The zero-order valence-corrected chi connectivity index (χ0v) is 5.18. The average Bonchev–Trinajstić information content (AvgIpc) is 2.33. The fraction of sp³-hybridized carbons (Fsp3) is 0.400. The number of carbonyl (C=O) groups excluding carboxylic acids is 1. The van der Waals surface area contributed by atoms with Crippen LogP contribution in [0.25, 0.3) is 0 Å². The molecule has 1 atom stereocenters. The molecule has 11 heavy (non-hydrogen) atoms. The summed E-state index contributed by atoms with van der Waals surface area (Å²) in [6.45, 7) is 0. The molecule has 0 saturated carbocycles. The standard InChI is InChI=1S/C5H4F3NO2/c6-5(7,8)4(3-10)1-2-11-9-4/h1-3,9H. The van der Waals surface area contributed by atoms with Crippen LogP contribution in [0.2, 0.25) is 0 Å². The highest BCUT2D eigenvalue weighted by Crippen LogP contribution is 2.32. The first-order valence-electron chi connectivity index (χ1n) is 2.65. The molecule has 0 bridgehead atoms. The molecule has 1 unspecified atom stereocenters. The largest absolute Gasteiger partial charge is 0.420 e. The van der Waals surface area contributed by atoms with Gasteiger partial charge in [0.05, 0.1) is 0 Å². The van der Waals surface area contributed by atoms with E-state index in [4.69, 9.17) is 0 Å². The lowest BCUT2D eigenvalue weighted by Gasteiger charge is -2.21. The van der Waals surface area contributed by atoms with Crippen molar-refractivity contribution in [2.24, 2.45) is 0 Å². The summed E-state index contributed by atoms with van der Waals surface area (Å²) in [5, 5.41) is 0. The molecular formula is C5H4F3NO2. The van der Waals surface area contributed by atoms with Gasteiger partial charge in [-0.3, -0.25) is 0 Å². The first-order valence-corrected chi connectivity index (χ1v) is 2.65. The molecule has 0 saturated heterocycles. The number of alkyl halides is 3. The molecule has 62 valence electrons. The SMILES string of the molecule is O=CC1(C(F)(F)F)C=CON1. The number of carbonyl (C=O) groups is 1. The molecular weight excluding hydrogens is 163 g/mol. The Hall–Kier alpha value is -1.04. The summed E-state index contributed by atoms with van der Waals surface area (Å²) in [6, 6.07) is 0. The van der Waals surface area contributed by atoms with Gasteiger partial charge in [-0.1, -0.05) is 0 Å². The fourth-order valence-corrected chi connectivity index (χ4v) is 0.589. The molecule has 1 heterocycles. The van der Waals surface area contributed by atoms with Gasteiger partial charge in [-0.05, 0) is 6.08 Å². The molecule has 0 aromatic carbocycles. The molecule has 1 rings (SSSR count). The molecule has 0 aromatic heterocycles. The van der Waals surface area contributed by atoms with Crippen molar-refractivity contribution >= 4 is 6.29 Å². The van der Waals surface area contributed by atoms with Crippen molar-refractivity contribution in [3.05, 3.63) is 12.3 Å². The molecule has 0 spiro atoms. The van der Waals surface area contributed by atoms with Crippen molar-refractivity contribution in [3.8, 4) is 0 Å². The third kappa shape index (κ3) is 1.09. The summed E-state index contributed by atoms with van der Waals surface area (Å²) >= 11 is 0. The van der Waals surface area contributed by atoms with E-state index in [1.807, 2.05) is 0 Å². The Morgan fingerprint density at radius 2 is 2.18 bits per heavy atom. The predicted octanol–water partition coefficient (Wildman–Crippen LogP) is 0.535. The zero-order chi connectivity index (χ0) is 8.54. The maximum atomic E-state index is 12.0. The van der Waals surface area contributed by atoms with E-state index < -0.39 is 11.7 Å². The minimum absolute atomic E-state index is 0.253. The van der Waals surface area contributed by atoms with Gasteiger partial charge in [0.1, 0.15) is 6.26 Å². The number of hydrogen-bond acceptors (Lipinski definition) is 3. The predicted molar refractivity (Wildman–Crippen MR) is 28.2 cm³/mol.